The van der Waals surface area contributed by atoms with Crippen LogP contribution in [0.5, 0.6) is 0 Å². The largest absolute Gasteiger partial charge is 0.361 e. The first kappa shape index (κ1) is 15.8. The van der Waals surface area contributed by atoms with E-state index in [4.69, 9.17) is 0 Å². The van der Waals surface area contributed by atoms with E-state index in [9.17, 15) is 4.79 Å². The summed E-state index contributed by atoms with van der Waals surface area (Å²) in [6.45, 7) is 3.12. The third-order valence-corrected chi connectivity index (χ3v) is 4.29. The number of benzene rings is 1. The van der Waals surface area contributed by atoms with Gasteiger partial charge in [0.15, 0.2) is 0 Å². The fourth-order valence-electron chi connectivity index (χ4n) is 2.63. The Kier molecular flexibility index (Phi) is 4.81. The number of para-hydroxylation sites is 1. The van der Waals surface area contributed by atoms with Gasteiger partial charge in [0.2, 0.25) is 5.91 Å². The van der Waals surface area contributed by atoms with E-state index in [2.05, 4.69) is 43.5 Å². The summed E-state index contributed by atoms with van der Waals surface area (Å²) in [5.74, 6) is -0.0683. The van der Waals surface area contributed by atoms with E-state index in [-0.39, 0.29) is 11.8 Å². The van der Waals surface area contributed by atoms with Crippen LogP contribution in [0.1, 0.15) is 12.5 Å². The summed E-state index contributed by atoms with van der Waals surface area (Å²) in [6.07, 6.45) is 6.43. The lowest BCUT2D eigenvalue weighted by Gasteiger charge is -2.12. The maximum atomic E-state index is 12.2. The molecule has 0 saturated carbocycles. The van der Waals surface area contributed by atoms with Crippen molar-refractivity contribution in [1.29, 1.82) is 0 Å². The van der Waals surface area contributed by atoms with Crippen molar-refractivity contribution in [3.05, 3.63) is 52.9 Å². The Hall–Kier alpha value is -2.08. The zero-order valence-corrected chi connectivity index (χ0v) is 14.5. The molecule has 1 amide bonds. The van der Waals surface area contributed by atoms with Crippen LogP contribution in [0.4, 0.5) is 0 Å². The quantitative estimate of drug-likeness (QED) is 0.696. The monoisotopic (exact) mass is 374 g/mol. The second-order valence-electron chi connectivity index (χ2n) is 5.68. The molecule has 3 aromatic rings. The number of halogens is 1. The third-order valence-electron chi connectivity index (χ3n) is 3.88. The van der Waals surface area contributed by atoms with Crippen LogP contribution in [-0.4, -0.2) is 27.2 Å². The fourth-order valence-corrected chi connectivity index (χ4v) is 2.96. The minimum atomic E-state index is -0.121. The van der Waals surface area contributed by atoms with Crippen molar-refractivity contribution in [3.8, 4) is 0 Å². The fraction of sp³-hybridized carbons (Fsp3) is 0.294. The molecule has 0 radical (unpaired) electrons. The molecule has 0 aliphatic heterocycles. The Labute approximate surface area is 143 Å². The maximum absolute atomic E-state index is 12.2. The molecule has 0 bridgehead atoms. The zero-order valence-electron chi connectivity index (χ0n) is 12.9. The van der Waals surface area contributed by atoms with Crippen LogP contribution in [0.15, 0.2) is 47.3 Å². The smallest absolute Gasteiger partial charge is 0.224 e. The normalized spacial score (nSPS) is 12.4. The Morgan fingerprint density at radius 1 is 1.43 bits per heavy atom. The summed E-state index contributed by atoms with van der Waals surface area (Å²) in [5.41, 5.74) is 2.36. The number of carbonyl (C=O) groups is 1. The van der Waals surface area contributed by atoms with Gasteiger partial charge in [0.05, 0.1) is 23.1 Å². The summed E-state index contributed by atoms with van der Waals surface area (Å²) in [6, 6.07) is 8.20. The molecule has 2 heterocycles. The van der Waals surface area contributed by atoms with Gasteiger partial charge >= 0.3 is 0 Å². The van der Waals surface area contributed by atoms with Crippen LogP contribution >= 0.6 is 15.9 Å². The van der Waals surface area contributed by atoms with Crippen LogP contribution in [0, 0.1) is 5.92 Å². The minimum absolute atomic E-state index is 0.0523. The van der Waals surface area contributed by atoms with Crippen molar-refractivity contribution in [2.45, 2.75) is 19.9 Å². The number of amides is 1. The second-order valence-corrected chi connectivity index (χ2v) is 6.60. The van der Waals surface area contributed by atoms with Gasteiger partial charge in [-0.3, -0.25) is 9.48 Å². The molecule has 1 aromatic carbocycles. The van der Waals surface area contributed by atoms with Crippen molar-refractivity contribution in [1.82, 2.24) is 20.1 Å². The molecule has 3 rings (SSSR count). The summed E-state index contributed by atoms with van der Waals surface area (Å²) in [5, 5.41) is 8.40. The van der Waals surface area contributed by atoms with E-state index in [0.717, 1.165) is 16.4 Å². The van der Waals surface area contributed by atoms with Gasteiger partial charge in [-0.1, -0.05) is 25.1 Å². The van der Waals surface area contributed by atoms with Crippen molar-refractivity contribution in [3.63, 3.8) is 0 Å². The first-order chi connectivity index (χ1) is 11.1. The number of nitrogens with zero attached hydrogens (tertiary/aromatic N) is 2. The lowest BCUT2D eigenvalue weighted by atomic mass is 10.1. The number of aromatic amines is 1. The zero-order chi connectivity index (χ0) is 16.2. The Bertz CT molecular complexity index is 808. The SMILES string of the molecule is CC(Cn1cc(Br)cn1)C(=O)NCCc1c[nH]c2ccccc12. The molecule has 2 N–H and O–H groups in total. The van der Waals surface area contributed by atoms with Crippen molar-refractivity contribution in [2.75, 3.05) is 6.54 Å². The first-order valence-electron chi connectivity index (χ1n) is 7.64. The first-order valence-corrected chi connectivity index (χ1v) is 8.43. The Morgan fingerprint density at radius 2 is 2.26 bits per heavy atom. The summed E-state index contributed by atoms with van der Waals surface area (Å²) >= 11 is 3.36. The number of fused-ring (bicyclic) bond motifs is 1. The van der Waals surface area contributed by atoms with Crippen LogP contribution in [-0.2, 0) is 17.8 Å². The van der Waals surface area contributed by atoms with Gasteiger partial charge in [0.1, 0.15) is 0 Å². The average Bonchev–Trinajstić information content (AvgIpc) is 3.14. The number of carbonyl (C=O) groups excluding carboxylic acids is 1. The summed E-state index contributed by atoms with van der Waals surface area (Å²) in [4.78, 5) is 15.4. The molecule has 0 aliphatic rings. The molecule has 2 aromatic heterocycles. The van der Waals surface area contributed by atoms with Gasteiger partial charge in [-0.05, 0) is 34.0 Å². The molecule has 0 spiro atoms. The Balaban J connectivity index is 1.50. The maximum Gasteiger partial charge on any atom is 0.224 e. The average molecular weight is 375 g/mol. The molecule has 0 saturated heterocycles. The van der Waals surface area contributed by atoms with Crippen LogP contribution in [0.2, 0.25) is 0 Å². The van der Waals surface area contributed by atoms with E-state index in [1.54, 1.807) is 10.9 Å². The number of hydrogen-bond donors (Lipinski definition) is 2. The molecule has 0 fully saturated rings. The minimum Gasteiger partial charge on any atom is -0.361 e. The molecule has 5 nitrogen and oxygen atoms in total. The van der Waals surface area contributed by atoms with Crippen molar-refractivity contribution >= 4 is 32.7 Å². The highest BCUT2D eigenvalue weighted by molar-refractivity contribution is 9.10. The number of rotatable bonds is 6. The summed E-state index contributed by atoms with van der Waals surface area (Å²) in [7, 11) is 0. The van der Waals surface area contributed by atoms with Gasteiger partial charge < -0.3 is 10.3 Å². The van der Waals surface area contributed by atoms with Crippen molar-refractivity contribution in [2.24, 2.45) is 5.92 Å². The van der Waals surface area contributed by atoms with E-state index in [1.165, 1.54) is 10.9 Å². The van der Waals surface area contributed by atoms with E-state index < -0.39 is 0 Å². The lowest BCUT2D eigenvalue weighted by Crippen LogP contribution is -2.33. The lowest BCUT2D eigenvalue weighted by molar-refractivity contribution is -0.124. The number of hydrogen-bond acceptors (Lipinski definition) is 2. The van der Waals surface area contributed by atoms with Gasteiger partial charge in [-0.15, -0.1) is 0 Å². The second kappa shape index (κ2) is 7.00. The highest BCUT2D eigenvalue weighted by Crippen LogP contribution is 2.17. The third kappa shape index (κ3) is 3.82. The molecule has 23 heavy (non-hydrogen) atoms. The molecule has 120 valence electrons. The standard InChI is InChI=1S/C17H19BrN4O/c1-12(10-22-11-14(18)9-21-22)17(23)19-7-6-13-8-20-16-5-3-2-4-15(13)16/h2-5,8-9,11-12,20H,6-7,10H2,1H3,(H,19,23). The van der Waals surface area contributed by atoms with E-state index in [1.807, 2.05) is 31.5 Å². The van der Waals surface area contributed by atoms with Gasteiger partial charge in [-0.25, -0.2) is 0 Å². The predicted molar refractivity (Wildman–Crippen MR) is 94.1 cm³/mol. The summed E-state index contributed by atoms with van der Waals surface area (Å²) < 4.78 is 2.69. The Morgan fingerprint density at radius 3 is 3.04 bits per heavy atom. The van der Waals surface area contributed by atoms with Crippen LogP contribution < -0.4 is 5.32 Å². The topological polar surface area (TPSA) is 62.7 Å². The molecular formula is C17H19BrN4O. The highest BCUT2D eigenvalue weighted by Gasteiger charge is 2.14. The predicted octanol–water partition coefficient (Wildman–Crippen LogP) is 3.12. The van der Waals surface area contributed by atoms with E-state index >= 15 is 0 Å². The van der Waals surface area contributed by atoms with Gasteiger partial charge in [0.25, 0.3) is 0 Å². The van der Waals surface area contributed by atoms with Gasteiger partial charge in [-0.2, -0.15) is 5.10 Å². The number of nitrogens with one attached hydrogen (secondary N) is 2. The molecule has 1 unspecified atom stereocenters. The van der Waals surface area contributed by atoms with Gasteiger partial charge in [0, 0.05) is 29.8 Å². The van der Waals surface area contributed by atoms with Crippen LogP contribution in [0.25, 0.3) is 10.9 Å². The number of aromatic nitrogens is 3. The van der Waals surface area contributed by atoms with Crippen molar-refractivity contribution < 1.29 is 4.79 Å². The highest BCUT2D eigenvalue weighted by atomic mass is 79.9. The molecule has 0 aliphatic carbocycles. The molecule has 1 atom stereocenters. The number of H-pyrrole nitrogens is 1. The molecular weight excluding hydrogens is 356 g/mol. The van der Waals surface area contributed by atoms with Crippen LogP contribution in [0.3, 0.4) is 0 Å². The van der Waals surface area contributed by atoms with E-state index in [0.29, 0.717) is 13.1 Å². The molecule has 6 heteroatoms.